The van der Waals surface area contributed by atoms with Crippen LogP contribution in [-0.2, 0) is 14.9 Å². The van der Waals surface area contributed by atoms with Gasteiger partial charge in [-0.2, -0.15) is 8.42 Å². The smallest absolute Gasteiger partial charge is 0.266 e. The highest BCUT2D eigenvalue weighted by Gasteiger charge is 2.26. The number of hydrogen-bond donors (Lipinski definition) is 3. The first-order valence-electron chi connectivity index (χ1n) is 20.9. The van der Waals surface area contributed by atoms with Crippen molar-refractivity contribution in [3.63, 3.8) is 0 Å². The van der Waals surface area contributed by atoms with Crippen LogP contribution in [0.5, 0.6) is 0 Å². The standard InChI is InChI=1S/C41H81NO5S/c1-3-5-7-9-11-13-15-17-19-20-21-23-25-27-29-31-33-35-37-41(44)42-39(38-48(45,46)47)40(43)36-34-32-30-28-26-24-22-18-16-14-12-10-8-6-4-2/h19-20,39-40,43H,3-18,21-38H2,1-2H3,(H,42,44)(H,45,46,47)/b20-19-. The molecule has 0 aromatic rings. The topological polar surface area (TPSA) is 104 Å². The van der Waals surface area contributed by atoms with Crippen LogP contribution < -0.4 is 5.32 Å². The molecule has 1 amide bonds. The largest absolute Gasteiger partial charge is 0.391 e. The second-order valence-corrected chi connectivity index (χ2v) is 16.1. The Bertz CT molecular complexity index is 816. The van der Waals surface area contributed by atoms with Crippen LogP contribution in [0.25, 0.3) is 0 Å². The predicted octanol–water partition coefficient (Wildman–Crippen LogP) is 12.2. The minimum absolute atomic E-state index is 0.248. The Kier molecular flexibility index (Phi) is 35.2. The molecule has 0 aliphatic rings. The van der Waals surface area contributed by atoms with E-state index in [0.29, 0.717) is 12.8 Å². The lowest BCUT2D eigenvalue weighted by Crippen LogP contribution is -2.47. The highest BCUT2D eigenvalue weighted by atomic mass is 32.2. The summed E-state index contributed by atoms with van der Waals surface area (Å²) in [6.07, 6.45) is 43.0. The summed E-state index contributed by atoms with van der Waals surface area (Å²) in [5.74, 6) is -0.894. The van der Waals surface area contributed by atoms with Gasteiger partial charge in [0.25, 0.3) is 10.1 Å². The molecule has 0 bridgehead atoms. The van der Waals surface area contributed by atoms with Gasteiger partial charge in [-0.15, -0.1) is 0 Å². The number of carbonyl (C=O) groups excluding carboxylic acids is 1. The van der Waals surface area contributed by atoms with E-state index in [9.17, 15) is 22.9 Å². The molecule has 2 atom stereocenters. The van der Waals surface area contributed by atoms with Gasteiger partial charge >= 0.3 is 0 Å². The molecule has 0 aromatic heterocycles. The number of hydrogen-bond acceptors (Lipinski definition) is 4. The van der Waals surface area contributed by atoms with E-state index in [1.165, 1.54) is 161 Å². The zero-order valence-electron chi connectivity index (χ0n) is 31.9. The summed E-state index contributed by atoms with van der Waals surface area (Å²) in [6, 6.07) is -0.969. The molecule has 0 radical (unpaired) electrons. The van der Waals surface area contributed by atoms with Crippen molar-refractivity contribution < 1.29 is 22.9 Å². The lowest BCUT2D eigenvalue weighted by molar-refractivity contribution is -0.122. The molecule has 7 heteroatoms. The van der Waals surface area contributed by atoms with Crippen molar-refractivity contribution in [1.29, 1.82) is 0 Å². The number of rotatable bonds is 38. The Balaban J connectivity index is 3.84. The summed E-state index contributed by atoms with van der Waals surface area (Å²) >= 11 is 0. The van der Waals surface area contributed by atoms with E-state index in [2.05, 4.69) is 31.3 Å². The van der Waals surface area contributed by atoms with Crippen molar-refractivity contribution in [2.45, 2.75) is 238 Å². The molecule has 0 saturated carbocycles. The minimum atomic E-state index is -4.31. The van der Waals surface area contributed by atoms with Crippen molar-refractivity contribution >= 4 is 16.0 Å². The molecule has 3 N–H and O–H groups in total. The molecule has 2 unspecified atom stereocenters. The second kappa shape index (κ2) is 35.9. The first-order chi connectivity index (χ1) is 23.3. The van der Waals surface area contributed by atoms with E-state index in [4.69, 9.17) is 0 Å². The molecule has 0 heterocycles. The summed E-state index contributed by atoms with van der Waals surface area (Å²) in [5.41, 5.74) is 0. The Morgan fingerprint density at radius 2 is 0.875 bits per heavy atom. The number of amides is 1. The van der Waals surface area contributed by atoms with Crippen LogP contribution in [0.15, 0.2) is 12.2 Å². The Labute approximate surface area is 299 Å². The van der Waals surface area contributed by atoms with Crippen LogP contribution >= 0.6 is 0 Å². The highest BCUT2D eigenvalue weighted by molar-refractivity contribution is 7.85. The SMILES string of the molecule is CCCCCCCCC/C=C\CCCCCCCCCC(=O)NC(CS(=O)(=O)O)C(O)CCCCCCCCCCCCCCCCC. The Hall–Kier alpha value is -0.920. The quantitative estimate of drug-likeness (QED) is 0.0338. The van der Waals surface area contributed by atoms with Crippen LogP contribution in [-0.4, -0.2) is 41.9 Å². The van der Waals surface area contributed by atoms with Crippen LogP contribution in [0.2, 0.25) is 0 Å². The monoisotopic (exact) mass is 700 g/mol. The van der Waals surface area contributed by atoms with E-state index in [1.807, 2.05) is 0 Å². The summed E-state index contributed by atoms with van der Waals surface area (Å²) in [6.45, 7) is 4.52. The zero-order chi connectivity index (χ0) is 35.4. The molecule has 0 rings (SSSR count). The van der Waals surface area contributed by atoms with Crippen molar-refractivity contribution in [3.8, 4) is 0 Å². The van der Waals surface area contributed by atoms with Gasteiger partial charge in [-0.25, -0.2) is 0 Å². The molecule has 6 nitrogen and oxygen atoms in total. The van der Waals surface area contributed by atoms with Gasteiger partial charge < -0.3 is 10.4 Å². The third kappa shape index (κ3) is 36.4. The molecule has 0 aromatic carbocycles. The number of aliphatic hydroxyl groups excluding tert-OH is 1. The zero-order valence-corrected chi connectivity index (χ0v) is 32.7. The Morgan fingerprint density at radius 3 is 1.25 bits per heavy atom. The predicted molar refractivity (Wildman–Crippen MR) is 207 cm³/mol. The van der Waals surface area contributed by atoms with Crippen molar-refractivity contribution in [2.75, 3.05) is 5.75 Å². The lowest BCUT2D eigenvalue weighted by Gasteiger charge is -2.23. The van der Waals surface area contributed by atoms with E-state index in [-0.39, 0.29) is 5.91 Å². The van der Waals surface area contributed by atoms with Gasteiger partial charge in [-0.1, -0.05) is 193 Å². The molecule has 0 fully saturated rings. The van der Waals surface area contributed by atoms with Gasteiger partial charge in [0.1, 0.15) is 0 Å². The lowest BCUT2D eigenvalue weighted by atomic mass is 10.0. The van der Waals surface area contributed by atoms with Crippen LogP contribution in [0, 0.1) is 0 Å². The molecule has 48 heavy (non-hydrogen) atoms. The Morgan fingerprint density at radius 1 is 0.542 bits per heavy atom. The maximum atomic E-state index is 12.5. The summed E-state index contributed by atoms with van der Waals surface area (Å²) in [5, 5.41) is 13.4. The third-order valence-electron chi connectivity index (χ3n) is 9.72. The molecular weight excluding hydrogens is 619 g/mol. The van der Waals surface area contributed by atoms with Gasteiger partial charge in [-0.3, -0.25) is 9.35 Å². The van der Waals surface area contributed by atoms with Gasteiger partial charge in [-0.05, 0) is 38.5 Å². The van der Waals surface area contributed by atoms with E-state index in [0.717, 1.165) is 38.5 Å². The first kappa shape index (κ1) is 47.1. The van der Waals surface area contributed by atoms with Crippen molar-refractivity contribution in [1.82, 2.24) is 5.32 Å². The molecular formula is C41H81NO5S. The second-order valence-electron chi connectivity index (χ2n) is 14.6. The number of allylic oxidation sites excluding steroid dienone is 2. The van der Waals surface area contributed by atoms with Crippen LogP contribution in [0.3, 0.4) is 0 Å². The molecule has 0 saturated heterocycles. The first-order valence-corrected chi connectivity index (χ1v) is 22.5. The fraction of sp³-hybridized carbons (Fsp3) is 0.927. The number of aliphatic hydroxyl groups is 1. The molecule has 0 aliphatic heterocycles. The van der Waals surface area contributed by atoms with Gasteiger partial charge in [0.2, 0.25) is 5.91 Å². The normalized spacial score (nSPS) is 13.3. The number of nitrogens with one attached hydrogen (secondary N) is 1. The minimum Gasteiger partial charge on any atom is -0.391 e. The van der Waals surface area contributed by atoms with E-state index in [1.54, 1.807) is 0 Å². The average Bonchev–Trinajstić information content (AvgIpc) is 3.05. The fourth-order valence-corrected chi connectivity index (χ4v) is 7.33. The van der Waals surface area contributed by atoms with Crippen molar-refractivity contribution in [2.24, 2.45) is 0 Å². The van der Waals surface area contributed by atoms with Gasteiger partial charge in [0, 0.05) is 6.42 Å². The molecule has 286 valence electrons. The van der Waals surface area contributed by atoms with Crippen LogP contribution in [0.4, 0.5) is 0 Å². The van der Waals surface area contributed by atoms with Gasteiger partial charge in [0.05, 0.1) is 17.9 Å². The summed E-state index contributed by atoms with van der Waals surface area (Å²) < 4.78 is 32.5. The van der Waals surface area contributed by atoms with E-state index >= 15 is 0 Å². The van der Waals surface area contributed by atoms with Gasteiger partial charge in [0.15, 0.2) is 0 Å². The summed E-state index contributed by atoms with van der Waals surface area (Å²) in [4.78, 5) is 12.5. The third-order valence-corrected chi connectivity index (χ3v) is 10.5. The molecule has 0 aliphatic carbocycles. The number of carbonyl (C=O) groups is 1. The average molecular weight is 700 g/mol. The molecule has 0 spiro atoms. The maximum Gasteiger partial charge on any atom is 0.266 e. The highest BCUT2D eigenvalue weighted by Crippen LogP contribution is 2.16. The van der Waals surface area contributed by atoms with Crippen molar-refractivity contribution in [3.05, 3.63) is 12.2 Å². The fourth-order valence-electron chi connectivity index (χ4n) is 6.57. The van der Waals surface area contributed by atoms with Crippen LogP contribution in [0.1, 0.15) is 226 Å². The maximum absolute atomic E-state index is 12.5. The van der Waals surface area contributed by atoms with E-state index < -0.39 is 28.0 Å². The summed E-state index contributed by atoms with van der Waals surface area (Å²) in [7, 11) is -4.31. The number of unbranched alkanes of at least 4 members (excludes halogenated alkanes) is 28.